The summed E-state index contributed by atoms with van der Waals surface area (Å²) in [5.41, 5.74) is 0.672. The first-order valence-electron chi connectivity index (χ1n) is 4.11. The number of methoxy groups -OCH3 is 1. The summed E-state index contributed by atoms with van der Waals surface area (Å²) in [4.78, 5) is 11.0. The molecule has 0 N–H and O–H groups in total. The van der Waals surface area contributed by atoms with Crippen LogP contribution >= 0.6 is 0 Å². The minimum Gasteiger partial charge on any atom is -0.466 e. The molecule has 70 valence electrons. The topological polar surface area (TPSA) is 35.5 Å². The molecule has 0 saturated carbocycles. The molecule has 0 spiro atoms. The molecule has 0 aliphatic rings. The quantitative estimate of drug-likeness (QED) is 0.358. The number of hydrogen-bond acceptors (Lipinski definition) is 3. The van der Waals surface area contributed by atoms with Gasteiger partial charge in [-0.1, -0.05) is 6.92 Å². The lowest BCUT2D eigenvalue weighted by molar-refractivity contribution is -0.136. The minimum absolute atomic E-state index is 0.266. The molecule has 0 aliphatic carbocycles. The van der Waals surface area contributed by atoms with Gasteiger partial charge in [-0.15, -0.1) is 0 Å². The van der Waals surface area contributed by atoms with Crippen molar-refractivity contribution in [1.82, 2.24) is 0 Å². The number of rotatable bonds is 5. The van der Waals surface area contributed by atoms with E-state index in [4.69, 9.17) is 4.74 Å². The van der Waals surface area contributed by atoms with Crippen LogP contribution in [0.2, 0.25) is 0 Å². The van der Waals surface area contributed by atoms with Crippen LogP contribution in [0.25, 0.3) is 0 Å². The smallest absolute Gasteiger partial charge is 0.333 e. The number of hydrogen-bond donors (Lipinski definition) is 0. The van der Waals surface area contributed by atoms with Crippen molar-refractivity contribution < 1.29 is 14.3 Å². The third kappa shape index (κ3) is 4.13. The normalized spacial score (nSPS) is 11.4. The number of ether oxygens (including phenoxy) is 2. The highest BCUT2D eigenvalue weighted by Crippen LogP contribution is 2.02. The van der Waals surface area contributed by atoms with E-state index in [1.807, 2.05) is 13.8 Å². The fourth-order valence-corrected chi connectivity index (χ4v) is 0.780. The second-order valence-electron chi connectivity index (χ2n) is 2.23. The first-order valence-corrected chi connectivity index (χ1v) is 4.11. The van der Waals surface area contributed by atoms with E-state index in [1.54, 1.807) is 6.08 Å². The van der Waals surface area contributed by atoms with Crippen molar-refractivity contribution in [2.24, 2.45) is 0 Å². The molecule has 3 heteroatoms. The van der Waals surface area contributed by atoms with Crippen molar-refractivity contribution in [3.05, 3.63) is 11.6 Å². The summed E-state index contributed by atoms with van der Waals surface area (Å²) in [6.45, 7) is 4.97. The molecule has 0 saturated heterocycles. The van der Waals surface area contributed by atoms with Crippen LogP contribution in [0.3, 0.4) is 0 Å². The molecule has 3 nitrogen and oxygen atoms in total. The minimum atomic E-state index is -0.266. The summed E-state index contributed by atoms with van der Waals surface area (Å²) in [7, 11) is 1.38. The number of carbonyl (C=O) groups excluding carboxylic acids is 1. The number of esters is 1. The zero-order chi connectivity index (χ0) is 9.40. The van der Waals surface area contributed by atoms with Gasteiger partial charge in [0.15, 0.2) is 0 Å². The highest BCUT2D eigenvalue weighted by molar-refractivity contribution is 5.88. The van der Waals surface area contributed by atoms with Crippen LogP contribution in [0.1, 0.15) is 20.3 Å². The Hall–Kier alpha value is -0.830. The van der Waals surface area contributed by atoms with Crippen LogP contribution in [0.5, 0.6) is 0 Å². The van der Waals surface area contributed by atoms with E-state index in [0.29, 0.717) is 25.2 Å². The summed E-state index contributed by atoms with van der Waals surface area (Å²) in [5.74, 6) is -0.266. The maximum Gasteiger partial charge on any atom is 0.333 e. The molecule has 0 aromatic rings. The van der Waals surface area contributed by atoms with Crippen LogP contribution < -0.4 is 0 Å². The van der Waals surface area contributed by atoms with Gasteiger partial charge in [0, 0.05) is 12.2 Å². The molecule has 0 aromatic heterocycles. The maximum absolute atomic E-state index is 11.0. The second kappa shape index (κ2) is 6.85. The lowest BCUT2D eigenvalue weighted by Crippen LogP contribution is -2.05. The standard InChI is InChI=1S/C9H16O3/c1-4-8(9(10)11-3)6-7-12-5-2/h6H,4-5,7H2,1-3H3. The zero-order valence-corrected chi connectivity index (χ0v) is 7.92. The molecule has 0 radical (unpaired) electrons. The highest BCUT2D eigenvalue weighted by Gasteiger charge is 2.05. The molecule has 0 atom stereocenters. The van der Waals surface area contributed by atoms with Crippen LogP contribution in [-0.4, -0.2) is 26.3 Å². The molecule has 0 aromatic carbocycles. The first-order chi connectivity index (χ1) is 5.76. The average Bonchev–Trinajstić information content (AvgIpc) is 2.11. The van der Waals surface area contributed by atoms with Crippen LogP contribution in [-0.2, 0) is 14.3 Å². The second-order valence-corrected chi connectivity index (χ2v) is 2.23. The lowest BCUT2D eigenvalue weighted by Gasteiger charge is -2.01. The molecular weight excluding hydrogens is 156 g/mol. The van der Waals surface area contributed by atoms with Crippen molar-refractivity contribution in [3.63, 3.8) is 0 Å². The zero-order valence-electron chi connectivity index (χ0n) is 7.92. The van der Waals surface area contributed by atoms with Crippen LogP contribution in [0.4, 0.5) is 0 Å². The fraction of sp³-hybridized carbons (Fsp3) is 0.667. The Balaban J connectivity index is 3.95. The summed E-state index contributed by atoms with van der Waals surface area (Å²) in [6, 6.07) is 0. The van der Waals surface area contributed by atoms with E-state index < -0.39 is 0 Å². The predicted octanol–water partition coefficient (Wildman–Crippen LogP) is 1.53. The molecule has 12 heavy (non-hydrogen) atoms. The third-order valence-electron chi connectivity index (χ3n) is 1.48. The van der Waals surface area contributed by atoms with Gasteiger partial charge in [-0.2, -0.15) is 0 Å². The molecule has 0 unspecified atom stereocenters. The van der Waals surface area contributed by atoms with Crippen molar-refractivity contribution in [2.75, 3.05) is 20.3 Å². The summed E-state index contributed by atoms with van der Waals surface area (Å²) in [6.07, 6.45) is 2.44. The van der Waals surface area contributed by atoms with E-state index in [1.165, 1.54) is 7.11 Å². The lowest BCUT2D eigenvalue weighted by atomic mass is 10.2. The molecular formula is C9H16O3. The van der Waals surface area contributed by atoms with Gasteiger partial charge in [0.1, 0.15) is 0 Å². The van der Waals surface area contributed by atoms with Gasteiger partial charge in [0.25, 0.3) is 0 Å². The monoisotopic (exact) mass is 172 g/mol. The maximum atomic E-state index is 11.0. The van der Waals surface area contributed by atoms with E-state index in [-0.39, 0.29) is 5.97 Å². The van der Waals surface area contributed by atoms with Crippen molar-refractivity contribution >= 4 is 5.97 Å². The van der Waals surface area contributed by atoms with Gasteiger partial charge in [-0.25, -0.2) is 4.79 Å². The predicted molar refractivity (Wildman–Crippen MR) is 46.9 cm³/mol. The van der Waals surface area contributed by atoms with Crippen molar-refractivity contribution in [2.45, 2.75) is 20.3 Å². The van der Waals surface area contributed by atoms with Crippen LogP contribution in [0.15, 0.2) is 11.6 Å². The van der Waals surface area contributed by atoms with E-state index in [9.17, 15) is 4.79 Å². The van der Waals surface area contributed by atoms with E-state index in [0.717, 1.165) is 0 Å². The van der Waals surface area contributed by atoms with Gasteiger partial charge in [0.2, 0.25) is 0 Å². The summed E-state index contributed by atoms with van der Waals surface area (Å²) < 4.78 is 9.65. The van der Waals surface area contributed by atoms with Gasteiger partial charge in [0.05, 0.1) is 13.7 Å². The Kier molecular flexibility index (Phi) is 6.38. The van der Waals surface area contributed by atoms with Gasteiger partial charge >= 0.3 is 5.97 Å². The van der Waals surface area contributed by atoms with Crippen molar-refractivity contribution in [1.29, 1.82) is 0 Å². The molecule has 0 amide bonds. The van der Waals surface area contributed by atoms with E-state index in [2.05, 4.69) is 4.74 Å². The van der Waals surface area contributed by atoms with Gasteiger partial charge in [-0.05, 0) is 19.4 Å². The van der Waals surface area contributed by atoms with E-state index >= 15 is 0 Å². The average molecular weight is 172 g/mol. The SMILES string of the molecule is CCOCC=C(CC)C(=O)OC. The third-order valence-corrected chi connectivity index (χ3v) is 1.48. The first kappa shape index (κ1) is 11.2. The molecule has 0 aliphatic heterocycles. The summed E-state index contributed by atoms with van der Waals surface area (Å²) >= 11 is 0. The Morgan fingerprint density at radius 2 is 2.08 bits per heavy atom. The Morgan fingerprint density at radius 3 is 2.50 bits per heavy atom. The Labute approximate surface area is 73.4 Å². The van der Waals surface area contributed by atoms with Gasteiger partial charge in [-0.3, -0.25) is 0 Å². The summed E-state index contributed by atoms with van der Waals surface area (Å²) in [5, 5.41) is 0. The molecule has 0 heterocycles. The largest absolute Gasteiger partial charge is 0.466 e. The highest BCUT2D eigenvalue weighted by atomic mass is 16.5. The number of carbonyl (C=O) groups is 1. The Morgan fingerprint density at radius 1 is 1.42 bits per heavy atom. The van der Waals surface area contributed by atoms with Crippen molar-refractivity contribution in [3.8, 4) is 0 Å². The Bertz CT molecular complexity index is 161. The molecule has 0 fully saturated rings. The van der Waals surface area contributed by atoms with Crippen LogP contribution in [0, 0.1) is 0 Å². The molecule has 0 rings (SSSR count). The fourth-order valence-electron chi connectivity index (χ4n) is 0.780. The molecule has 0 bridgehead atoms. The van der Waals surface area contributed by atoms with Gasteiger partial charge < -0.3 is 9.47 Å².